The number of nitrogens with zero attached hydrogens (tertiary/aromatic N) is 3. The second kappa shape index (κ2) is 7.28. The number of rotatable bonds is 6. The zero-order valence-corrected chi connectivity index (χ0v) is 14.2. The van der Waals surface area contributed by atoms with E-state index >= 15 is 0 Å². The van der Waals surface area contributed by atoms with E-state index in [0.717, 1.165) is 5.56 Å². The number of oxazole rings is 1. The van der Waals surface area contributed by atoms with Gasteiger partial charge in [-0.3, -0.25) is 9.36 Å². The molecule has 0 fully saturated rings. The lowest BCUT2D eigenvalue weighted by molar-refractivity contribution is -0.134. The van der Waals surface area contributed by atoms with E-state index in [2.05, 4.69) is 10.2 Å². The second-order valence-electron chi connectivity index (χ2n) is 5.83. The molecule has 0 unspecified atom stereocenters. The van der Waals surface area contributed by atoms with Crippen molar-refractivity contribution in [1.82, 2.24) is 14.8 Å². The summed E-state index contributed by atoms with van der Waals surface area (Å²) in [6, 6.07) is 14.0. The first-order valence-electron chi connectivity index (χ1n) is 8.36. The van der Waals surface area contributed by atoms with Crippen LogP contribution in [-0.4, -0.2) is 20.7 Å². The molecule has 136 valence electrons. The molecule has 0 amide bonds. The molecule has 0 N–H and O–H groups in total. The first kappa shape index (κ1) is 16.8. The maximum Gasteiger partial charge on any atom is 0.419 e. The van der Waals surface area contributed by atoms with Crippen molar-refractivity contribution in [3.05, 3.63) is 65.5 Å². The number of fused-ring (bicyclic) bond motifs is 1. The van der Waals surface area contributed by atoms with Crippen molar-refractivity contribution in [2.24, 2.45) is 0 Å². The predicted molar refractivity (Wildman–Crippen MR) is 95.1 cm³/mol. The molecule has 4 aromatic rings. The summed E-state index contributed by atoms with van der Waals surface area (Å²) < 4.78 is 17.1. The zero-order chi connectivity index (χ0) is 18.6. The summed E-state index contributed by atoms with van der Waals surface area (Å²) in [5.74, 6) is 0.0161. The van der Waals surface area contributed by atoms with Gasteiger partial charge in [-0.15, -0.1) is 10.2 Å². The molecule has 0 aliphatic carbocycles. The third kappa shape index (κ3) is 3.64. The molecule has 27 heavy (non-hydrogen) atoms. The van der Waals surface area contributed by atoms with Crippen molar-refractivity contribution >= 4 is 17.1 Å². The Balaban J connectivity index is 1.33. The van der Waals surface area contributed by atoms with Gasteiger partial charge in [0.25, 0.3) is 0 Å². The van der Waals surface area contributed by atoms with Crippen LogP contribution in [0.3, 0.4) is 0 Å². The Morgan fingerprint density at radius 1 is 1.11 bits per heavy atom. The van der Waals surface area contributed by atoms with Gasteiger partial charge in [0.15, 0.2) is 5.58 Å². The van der Waals surface area contributed by atoms with Gasteiger partial charge < -0.3 is 13.6 Å². The molecule has 0 bridgehead atoms. The van der Waals surface area contributed by atoms with Crippen LogP contribution in [0.2, 0.25) is 0 Å². The van der Waals surface area contributed by atoms with Crippen molar-refractivity contribution < 1.29 is 18.4 Å². The van der Waals surface area contributed by atoms with E-state index in [1.807, 2.05) is 12.1 Å². The number of benzene rings is 2. The van der Waals surface area contributed by atoms with E-state index in [4.69, 9.17) is 13.6 Å². The average molecular weight is 365 g/mol. The van der Waals surface area contributed by atoms with E-state index < -0.39 is 5.76 Å². The highest BCUT2D eigenvalue weighted by molar-refractivity contribution is 5.73. The monoisotopic (exact) mass is 365 g/mol. The normalized spacial score (nSPS) is 11.0. The van der Waals surface area contributed by atoms with Gasteiger partial charge in [-0.05, 0) is 42.8 Å². The number of hydrogen-bond donors (Lipinski definition) is 0. The van der Waals surface area contributed by atoms with E-state index in [1.165, 1.54) is 11.0 Å². The van der Waals surface area contributed by atoms with Gasteiger partial charge in [-0.25, -0.2) is 4.79 Å². The van der Waals surface area contributed by atoms with Crippen LogP contribution in [0.4, 0.5) is 0 Å². The van der Waals surface area contributed by atoms with Crippen LogP contribution in [0.5, 0.6) is 5.75 Å². The fourth-order valence-corrected chi connectivity index (χ4v) is 2.75. The smallest absolute Gasteiger partial charge is 0.419 e. The summed E-state index contributed by atoms with van der Waals surface area (Å²) >= 11 is 0. The summed E-state index contributed by atoms with van der Waals surface area (Å²) in [7, 11) is 0. The molecular formula is C19H15N3O5. The molecule has 0 saturated carbocycles. The molecular weight excluding hydrogens is 350 g/mol. The quantitative estimate of drug-likeness (QED) is 0.382. The van der Waals surface area contributed by atoms with E-state index in [0.29, 0.717) is 35.7 Å². The Kier molecular flexibility index (Phi) is 4.52. The first-order valence-corrected chi connectivity index (χ1v) is 8.36. The van der Waals surface area contributed by atoms with Crippen molar-refractivity contribution in [2.75, 3.05) is 0 Å². The SMILES string of the molecule is O=C(CCCn1c(=O)oc2ccccc21)Oc1ccc(-c2nnco2)cc1. The number of esters is 1. The van der Waals surface area contributed by atoms with Crippen LogP contribution in [-0.2, 0) is 11.3 Å². The maximum absolute atomic E-state index is 12.0. The van der Waals surface area contributed by atoms with Crippen molar-refractivity contribution in [1.29, 1.82) is 0 Å². The molecule has 2 aromatic heterocycles. The molecule has 4 rings (SSSR count). The van der Waals surface area contributed by atoms with Crippen molar-refractivity contribution in [3.8, 4) is 17.2 Å². The average Bonchev–Trinajstić information content (AvgIpc) is 3.31. The third-order valence-electron chi connectivity index (χ3n) is 4.03. The Morgan fingerprint density at radius 3 is 2.70 bits per heavy atom. The third-order valence-corrected chi connectivity index (χ3v) is 4.03. The number of aryl methyl sites for hydroxylation is 1. The number of ether oxygens (including phenoxy) is 1. The van der Waals surface area contributed by atoms with Crippen molar-refractivity contribution in [3.63, 3.8) is 0 Å². The summed E-state index contributed by atoms with van der Waals surface area (Å²) in [4.78, 5) is 23.9. The number of para-hydroxylation sites is 2. The number of carbonyl (C=O) groups is 1. The lowest BCUT2D eigenvalue weighted by atomic mass is 10.2. The largest absolute Gasteiger partial charge is 0.427 e. The minimum atomic E-state index is -0.429. The van der Waals surface area contributed by atoms with Crippen LogP contribution in [0.15, 0.2) is 68.6 Å². The van der Waals surface area contributed by atoms with Crippen LogP contribution in [0.25, 0.3) is 22.6 Å². The Labute approximate surface area is 153 Å². The van der Waals surface area contributed by atoms with Crippen LogP contribution in [0, 0.1) is 0 Å². The predicted octanol–water partition coefficient (Wildman–Crippen LogP) is 3.03. The Morgan fingerprint density at radius 2 is 1.93 bits per heavy atom. The number of aromatic nitrogens is 3. The molecule has 0 saturated heterocycles. The summed E-state index contributed by atoms with van der Waals surface area (Å²) in [6.45, 7) is 0.376. The Hall–Kier alpha value is -3.68. The summed E-state index contributed by atoms with van der Waals surface area (Å²) in [6.07, 6.45) is 1.89. The molecule has 0 spiro atoms. The van der Waals surface area contributed by atoms with Gasteiger partial charge >= 0.3 is 11.7 Å². The number of hydrogen-bond acceptors (Lipinski definition) is 7. The lowest BCUT2D eigenvalue weighted by Gasteiger charge is -2.05. The second-order valence-corrected chi connectivity index (χ2v) is 5.83. The number of carbonyl (C=O) groups excluding carboxylic acids is 1. The molecule has 0 aliphatic heterocycles. The van der Waals surface area contributed by atoms with Gasteiger partial charge in [-0.1, -0.05) is 12.1 Å². The highest BCUT2D eigenvalue weighted by atomic mass is 16.5. The molecule has 8 heteroatoms. The van der Waals surface area contributed by atoms with E-state index in [1.54, 1.807) is 36.4 Å². The minimum Gasteiger partial charge on any atom is -0.427 e. The first-order chi connectivity index (χ1) is 13.2. The Bertz CT molecular complexity index is 1110. The van der Waals surface area contributed by atoms with E-state index in [-0.39, 0.29) is 12.4 Å². The van der Waals surface area contributed by atoms with Crippen LogP contribution >= 0.6 is 0 Å². The highest BCUT2D eigenvalue weighted by Gasteiger charge is 2.11. The molecule has 0 atom stereocenters. The lowest BCUT2D eigenvalue weighted by Crippen LogP contribution is -2.16. The van der Waals surface area contributed by atoms with Gasteiger partial charge in [0.2, 0.25) is 12.3 Å². The molecule has 0 aliphatic rings. The molecule has 2 aromatic carbocycles. The minimum absolute atomic E-state index is 0.178. The van der Waals surface area contributed by atoms with E-state index in [9.17, 15) is 9.59 Å². The fourth-order valence-electron chi connectivity index (χ4n) is 2.75. The van der Waals surface area contributed by atoms with Crippen LogP contribution in [0.1, 0.15) is 12.8 Å². The zero-order valence-electron chi connectivity index (χ0n) is 14.2. The van der Waals surface area contributed by atoms with Gasteiger partial charge in [0, 0.05) is 18.5 Å². The van der Waals surface area contributed by atoms with Gasteiger partial charge in [0.1, 0.15) is 5.75 Å². The fraction of sp³-hybridized carbons (Fsp3) is 0.158. The standard InChI is InChI=1S/C19H15N3O5/c23-17(26-14-9-7-13(8-10-14)18-21-20-12-25-18)6-3-11-22-15-4-1-2-5-16(15)27-19(22)24/h1-2,4-5,7-10,12H,3,6,11H2. The topological polar surface area (TPSA) is 100 Å². The van der Waals surface area contributed by atoms with Crippen molar-refractivity contribution in [2.45, 2.75) is 19.4 Å². The highest BCUT2D eigenvalue weighted by Crippen LogP contribution is 2.20. The molecule has 0 radical (unpaired) electrons. The van der Waals surface area contributed by atoms with Gasteiger partial charge in [0.05, 0.1) is 5.52 Å². The van der Waals surface area contributed by atoms with Gasteiger partial charge in [-0.2, -0.15) is 0 Å². The summed E-state index contributed by atoms with van der Waals surface area (Å²) in [5, 5.41) is 7.43. The maximum atomic E-state index is 12.0. The molecule has 8 nitrogen and oxygen atoms in total. The summed E-state index contributed by atoms with van der Waals surface area (Å²) in [5.41, 5.74) is 1.98. The molecule has 2 heterocycles. The van der Waals surface area contributed by atoms with Crippen LogP contribution < -0.4 is 10.5 Å².